The number of para-hydroxylation sites is 1. The molecule has 0 saturated carbocycles. The first-order valence-corrected chi connectivity index (χ1v) is 8.04. The Balaban J connectivity index is 1.79. The number of nitrogens with one attached hydrogen (secondary N) is 1. The second kappa shape index (κ2) is 7.65. The molecule has 2 aromatic carbocycles. The van der Waals surface area contributed by atoms with Crippen molar-refractivity contribution >= 4 is 23.0 Å². The molecule has 3 rings (SSSR count). The number of ether oxygens (including phenoxy) is 2. The number of nitrogens with zero attached hydrogens (tertiary/aromatic N) is 2. The molecule has 0 atom stereocenters. The van der Waals surface area contributed by atoms with Crippen molar-refractivity contribution in [2.45, 2.75) is 6.92 Å². The fraction of sp³-hybridized carbons (Fsp3) is 0.150. The quantitative estimate of drug-likeness (QED) is 0.566. The number of fused-ring (bicyclic) bond motifs is 1. The predicted octanol–water partition coefficient (Wildman–Crippen LogP) is 3.32. The Bertz CT molecular complexity index is 983. The monoisotopic (exact) mass is 349 g/mol. The molecule has 6 heteroatoms. The number of hydrazone groups is 1. The van der Waals surface area contributed by atoms with Gasteiger partial charge in [0.15, 0.2) is 0 Å². The van der Waals surface area contributed by atoms with Gasteiger partial charge in [-0.15, -0.1) is 0 Å². The first-order valence-electron chi connectivity index (χ1n) is 8.04. The molecule has 0 aliphatic carbocycles. The summed E-state index contributed by atoms with van der Waals surface area (Å²) >= 11 is 0. The summed E-state index contributed by atoms with van der Waals surface area (Å²) in [5.41, 5.74) is 5.26. The topological polar surface area (TPSA) is 72.8 Å². The Labute approximate surface area is 151 Å². The Kier molecular flexibility index (Phi) is 5.12. The summed E-state index contributed by atoms with van der Waals surface area (Å²) in [6.07, 6.45) is 1.53. The number of amides is 1. The molecule has 132 valence electrons. The fourth-order valence-corrected chi connectivity index (χ4v) is 2.59. The smallest absolute Gasteiger partial charge is 0.273 e. The molecule has 1 heterocycles. The van der Waals surface area contributed by atoms with E-state index in [9.17, 15) is 4.79 Å². The van der Waals surface area contributed by atoms with Gasteiger partial charge in [0.2, 0.25) is 0 Å². The Morgan fingerprint density at radius 3 is 2.69 bits per heavy atom. The number of carbonyl (C=O) groups excluding carboxylic acids is 1. The molecule has 0 saturated heterocycles. The standard InChI is InChI=1S/C20H19N3O3/c1-13-17(10-14-6-4-5-7-18(14)22-13)20(24)23-21-12-15-8-9-16(25-2)11-19(15)26-3/h4-12H,1-3H3,(H,23,24). The second-order valence-electron chi connectivity index (χ2n) is 5.62. The largest absolute Gasteiger partial charge is 0.497 e. The molecule has 0 bridgehead atoms. The zero-order valence-corrected chi connectivity index (χ0v) is 14.8. The van der Waals surface area contributed by atoms with Crippen LogP contribution in [0.1, 0.15) is 21.6 Å². The maximum Gasteiger partial charge on any atom is 0.273 e. The zero-order valence-electron chi connectivity index (χ0n) is 14.8. The molecule has 1 aromatic heterocycles. The van der Waals surface area contributed by atoms with Crippen LogP contribution in [0.4, 0.5) is 0 Å². The third-order valence-corrected chi connectivity index (χ3v) is 3.97. The van der Waals surface area contributed by atoms with Crippen LogP contribution in [0.5, 0.6) is 11.5 Å². The van der Waals surface area contributed by atoms with Crippen LogP contribution in [0.3, 0.4) is 0 Å². The molecule has 0 unspecified atom stereocenters. The van der Waals surface area contributed by atoms with Gasteiger partial charge in [-0.05, 0) is 31.2 Å². The number of pyridine rings is 1. The number of hydrogen-bond acceptors (Lipinski definition) is 5. The highest BCUT2D eigenvalue weighted by atomic mass is 16.5. The van der Waals surface area contributed by atoms with Gasteiger partial charge in [0.25, 0.3) is 5.91 Å². The molecule has 1 amide bonds. The average molecular weight is 349 g/mol. The highest BCUT2D eigenvalue weighted by Gasteiger charge is 2.11. The molecule has 0 spiro atoms. The highest BCUT2D eigenvalue weighted by molar-refractivity contribution is 5.99. The number of carbonyl (C=O) groups is 1. The van der Waals surface area contributed by atoms with Gasteiger partial charge >= 0.3 is 0 Å². The first kappa shape index (κ1) is 17.4. The number of rotatable bonds is 5. The third-order valence-electron chi connectivity index (χ3n) is 3.97. The number of benzene rings is 2. The highest BCUT2D eigenvalue weighted by Crippen LogP contribution is 2.23. The van der Waals surface area contributed by atoms with Crippen molar-refractivity contribution in [3.05, 3.63) is 65.4 Å². The molecule has 26 heavy (non-hydrogen) atoms. The van der Waals surface area contributed by atoms with Gasteiger partial charge in [0.05, 0.1) is 37.2 Å². The van der Waals surface area contributed by atoms with Crippen LogP contribution in [-0.4, -0.2) is 31.3 Å². The van der Waals surface area contributed by atoms with Crippen molar-refractivity contribution in [3.63, 3.8) is 0 Å². The van der Waals surface area contributed by atoms with E-state index in [0.29, 0.717) is 22.8 Å². The summed E-state index contributed by atoms with van der Waals surface area (Å²) in [5, 5.41) is 4.94. The molecule has 0 fully saturated rings. The van der Waals surface area contributed by atoms with Gasteiger partial charge in [-0.3, -0.25) is 9.78 Å². The van der Waals surface area contributed by atoms with Crippen LogP contribution in [-0.2, 0) is 0 Å². The summed E-state index contributed by atoms with van der Waals surface area (Å²) in [4.78, 5) is 16.9. The molecule has 0 aliphatic heterocycles. The number of aryl methyl sites for hydroxylation is 1. The van der Waals surface area contributed by atoms with Crippen LogP contribution in [0.2, 0.25) is 0 Å². The van der Waals surface area contributed by atoms with Gasteiger partial charge in [0.1, 0.15) is 11.5 Å². The van der Waals surface area contributed by atoms with Gasteiger partial charge in [-0.2, -0.15) is 5.10 Å². The van der Waals surface area contributed by atoms with E-state index >= 15 is 0 Å². The maximum atomic E-state index is 12.4. The molecule has 6 nitrogen and oxygen atoms in total. The molecule has 0 aliphatic rings. The van der Waals surface area contributed by atoms with Crippen LogP contribution < -0.4 is 14.9 Å². The van der Waals surface area contributed by atoms with E-state index in [1.807, 2.05) is 30.3 Å². The lowest BCUT2D eigenvalue weighted by molar-refractivity contribution is 0.0954. The molecule has 1 N–H and O–H groups in total. The normalized spacial score (nSPS) is 10.9. The zero-order chi connectivity index (χ0) is 18.5. The molecular formula is C20H19N3O3. The van der Waals surface area contributed by atoms with Crippen LogP contribution >= 0.6 is 0 Å². The summed E-state index contributed by atoms with van der Waals surface area (Å²) in [7, 11) is 3.15. The molecule has 0 radical (unpaired) electrons. The Morgan fingerprint density at radius 1 is 1.12 bits per heavy atom. The van der Waals surface area contributed by atoms with Crippen molar-refractivity contribution in [1.29, 1.82) is 0 Å². The Morgan fingerprint density at radius 2 is 1.92 bits per heavy atom. The lowest BCUT2D eigenvalue weighted by atomic mass is 10.1. The van der Waals surface area contributed by atoms with Crippen molar-refractivity contribution in [2.75, 3.05) is 14.2 Å². The number of methoxy groups -OCH3 is 2. The van der Waals surface area contributed by atoms with Gasteiger partial charge < -0.3 is 9.47 Å². The summed E-state index contributed by atoms with van der Waals surface area (Å²) in [6.45, 7) is 1.80. The van der Waals surface area contributed by atoms with E-state index in [1.54, 1.807) is 39.3 Å². The predicted molar refractivity (Wildman–Crippen MR) is 101 cm³/mol. The summed E-state index contributed by atoms with van der Waals surface area (Å²) in [6, 6.07) is 14.8. The van der Waals surface area contributed by atoms with Crippen LogP contribution in [0, 0.1) is 6.92 Å². The van der Waals surface area contributed by atoms with E-state index in [1.165, 1.54) is 6.21 Å². The van der Waals surface area contributed by atoms with Crippen molar-refractivity contribution in [1.82, 2.24) is 10.4 Å². The lowest BCUT2D eigenvalue weighted by Gasteiger charge is -2.08. The van der Waals surface area contributed by atoms with E-state index < -0.39 is 0 Å². The lowest BCUT2D eigenvalue weighted by Crippen LogP contribution is -2.19. The number of aromatic nitrogens is 1. The van der Waals surface area contributed by atoms with E-state index in [2.05, 4.69) is 15.5 Å². The molecule has 3 aromatic rings. The minimum Gasteiger partial charge on any atom is -0.497 e. The van der Waals surface area contributed by atoms with Crippen LogP contribution in [0.15, 0.2) is 53.6 Å². The van der Waals surface area contributed by atoms with Crippen molar-refractivity contribution in [3.8, 4) is 11.5 Å². The first-order chi connectivity index (χ1) is 12.6. The second-order valence-corrected chi connectivity index (χ2v) is 5.62. The van der Waals surface area contributed by atoms with Gasteiger partial charge in [0, 0.05) is 17.0 Å². The minimum absolute atomic E-state index is 0.315. The van der Waals surface area contributed by atoms with Gasteiger partial charge in [-0.25, -0.2) is 5.43 Å². The SMILES string of the molecule is COc1ccc(C=NNC(=O)c2cc3ccccc3nc2C)c(OC)c1. The van der Waals surface area contributed by atoms with Crippen LogP contribution in [0.25, 0.3) is 10.9 Å². The average Bonchev–Trinajstić information content (AvgIpc) is 2.67. The minimum atomic E-state index is -0.315. The maximum absolute atomic E-state index is 12.4. The van der Waals surface area contributed by atoms with E-state index in [4.69, 9.17) is 9.47 Å². The van der Waals surface area contributed by atoms with Crippen molar-refractivity contribution < 1.29 is 14.3 Å². The third kappa shape index (κ3) is 3.64. The van der Waals surface area contributed by atoms with E-state index in [-0.39, 0.29) is 5.91 Å². The number of hydrogen-bond donors (Lipinski definition) is 1. The van der Waals surface area contributed by atoms with E-state index in [0.717, 1.165) is 16.5 Å². The van der Waals surface area contributed by atoms with Crippen molar-refractivity contribution in [2.24, 2.45) is 5.10 Å². The summed E-state index contributed by atoms with van der Waals surface area (Å²) < 4.78 is 10.5. The Hall–Kier alpha value is -3.41. The fourth-order valence-electron chi connectivity index (χ4n) is 2.59. The summed E-state index contributed by atoms with van der Waals surface area (Å²) in [5.74, 6) is 0.969. The molecular weight excluding hydrogens is 330 g/mol. The van der Waals surface area contributed by atoms with Gasteiger partial charge in [-0.1, -0.05) is 18.2 Å².